The smallest absolute Gasteiger partial charge is 0.243 e. The molecule has 5 rings (SSSR count). The topological polar surface area (TPSA) is 74.8 Å². The fraction of sp³-hybridized carbons (Fsp3) is 0.391. The molecule has 2 aromatic carbocycles. The summed E-state index contributed by atoms with van der Waals surface area (Å²) in [6.07, 6.45) is 3.09. The number of piperidine rings is 1. The predicted octanol–water partition coefficient (Wildman–Crippen LogP) is 3.84. The summed E-state index contributed by atoms with van der Waals surface area (Å²) in [4.78, 5) is 26.0. The predicted molar refractivity (Wildman–Crippen MR) is 117 cm³/mol. The Balaban J connectivity index is 1.42. The van der Waals surface area contributed by atoms with Crippen molar-refractivity contribution in [2.45, 2.75) is 61.5 Å². The Morgan fingerprint density at radius 1 is 0.806 bits per heavy atom. The molecule has 2 unspecified atom stereocenters. The number of sulfonamides is 1. The first kappa shape index (κ1) is 20.7. The first-order chi connectivity index (χ1) is 14.8. The lowest BCUT2D eigenvalue weighted by molar-refractivity contribution is -0.142. The van der Waals surface area contributed by atoms with Crippen LogP contribution < -0.4 is 0 Å². The summed E-state index contributed by atoms with van der Waals surface area (Å²) >= 11 is 5.97. The molecule has 31 heavy (non-hydrogen) atoms. The van der Waals surface area contributed by atoms with Gasteiger partial charge in [0.2, 0.25) is 21.8 Å². The zero-order valence-corrected chi connectivity index (χ0v) is 18.5. The molecule has 6 nitrogen and oxygen atoms in total. The molecule has 0 aliphatic carbocycles. The molecule has 2 amide bonds. The number of hydrogen-bond acceptors (Lipinski definition) is 4. The third-order valence-corrected chi connectivity index (χ3v) is 8.94. The third-order valence-electron chi connectivity index (χ3n) is 6.68. The van der Waals surface area contributed by atoms with E-state index >= 15 is 0 Å². The number of carbonyl (C=O) groups excluding carboxylic acids is 2. The monoisotopic (exact) mass is 458 g/mol. The van der Waals surface area contributed by atoms with Gasteiger partial charge in [0, 0.05) is 36.0 Å². The molecule has 3 saturated heterocycles. The molecule has 3 fully saturated rings. The van der Waals surface area contributed by atoms with Crippen molar-refractivity contribution < 1.29 is 18.0 Å². The van der Waals surface area contributed by atoms with Crippen molar-refractivity contribution in [2.75, 3.05) is 0 Å². The van der Waals surface area contributed by atoms with E-state index in [1.165, 1.54) is 4.90 Å². The Morgan fingerprint density at radius 3 is 2.03 bits per heavy atom. The van der Waals surface area contributed by atoms with Crippen LogP contribution in [0.4, 0.5) is 0 Å². The average Bonchev–Trinajstić information content (AvgIpc) is 3.24. The average molecular weight is 459 g/mol. The minimum Gasteiger partial charge on any atom is -0.279 e. The van der Waals surface area contributed by atoms with E-state index < -0.39 is 10.0 Å². The molecule has 0 aromatic heterocycles. The van der Waals surface area contributed by atoms with Gasteiger partial charge >= 0.3 is 0 Å². The maximum Gasteiger partial charge on any atom is 0.243 e. The molecule has 3 heterocycles. The van der Waals surface area contributed by atoms with Gasteiger partial charge in [-0.05, 0) is 61.1 Å². The van der Waals surface area contributed by atoms with Crippen LogP contribution in [0.15, 0.2) is 53.4 Å². The number of fused-ring (bicyclic) bond motifs is 2. The van der Waals surface area contributed by atoms with E-state index in [-0.39, 0.29) is 47.7 Å². The van der Waals surface area contributed by atoms with Gasteiger partial charge in [0.15, 0.2) is 0 Å². The second-order valence-electron chi connectivity index (χ2n) is 8.54. The minimum atomic E-state index is -3.69. The maximum absolute atomic E-state index is 13.6. The van der Waals surface area contributed by atoms with Crippen molar-refractivity contribution in [3.05, 3.63) is 53.6 Å². The number of likely N-dealkylation sites (tertiary alicyclic amines) is 1. The molecule has 2 atom stereocenters. The van der Waals surface area contributed by atoms with Crippen LogP contribution >= 0.6 is 11.6 Å². The van der Waals surface area contributed by atoms with Crippen molar-refractivity contribution in [1.82, 2.24) is 9.21 Å². The van der Waals surface area contributed by atoms with Gasteiger partial charge in [-0.25, -0.2) is 8.42 Å². The normalized spacial score (nSPS) is 26.6. The van der Waals surface area contributed by atoms with E-state index in [1.807, 2.05) is 18.2 Å². The molecule has 2 aromatic rings. The van der Waals surface area contributed by atoms with E-state index in [9.17, 15) is 18.0 Å². The quantitative estimate of drug-likeness (QED) is 0.652. The van der Waals surface area contributed by atoms with Gasteiger partial charge in [0.05, 0.1) is 4.90 Å². The Morgan fingerprint density at radius 2 is 1.42 bits per heavy atom. The first-order valence-corrected chi connectivity index (χ1v) is 12.4. The van der Waals surface area contributed by atoms with E-state index in [1.54, 1.807) is 34.6 Å². The zero-order valence-electron chi connectivity index (χ0n) is 16.9. The fourth-order valence-corrected chi connectivity index (χ4v) is 7.37. The van der Waals surface area contributed by atoms with E-state index in [4.69, 9.17) is 11.6 Å². The Kier molecular flexibility index (Phi) is 5.15. The van der Waals surface area contributed by atoms with Gasteiger partial charge in [0.25, 0.3) is 0 Å². The molecule has 0 saturated carbocycles. The molecule has 3 aliphatic heterocycles. The Hall–Kier alpha value is -2.22. The van der Waals surface area contributed by atoms with Crippen LogP contribution in [0, 0.1) is 0 Å². The minimum absolute atomic E-state index is 0.124. The number of hydrogen-bond donors (Lipinski definition) is 0. The molecule has 3 aliphatic rings. The molecular weight excluding hydrogens is 436 g/mol. The van der Waals surface area contributed by atoms with Crippen LogP contribution in [-0.2, 0) is 19.6 Å². The van der Waals surface area contributed by atoms with Crippen LogP contribution in [0.25, 0.3) is 11.1 Å². The number of amides is 2. The van der Waals surface area contributed by atoms with E-state index in [0.29, 0.717) is 17.9 Å². The summed E-state index contributed by atoms with van der Waals surface area (Å²) in [6.45, 7) is 0. The van der Waals surface area contributed by atoms with Gasteiger partial charge < -0.3 is 0 Å². The van der Waals surface area contributed by atoms with Crippen molar-refractivity contribution in [1.29, 1.82) is 0 Å². The summed E-state index contributed by atoms with van der Waals surface area (Å²) in [5.41, 5.74) is 1.71. The van der Waals surface area contributed by atoms with Gasteiger partial charge in [-0.3, -0.25) is 14.5 Å². The first-order valence-electron chi connectivity index (χ1n) is 10.6. The number of carbonyl (C=O) groups is 2. The van der Waals surface area contributed by atoms with Gasteiger partial charge in [0.1, 0.15) is 0 Å². The number of imide groups is 1. The lowest BCUT2D eigenvalue weighted by atomic mass is 9.98. The summed E-state index contributed by atoms with van der Waals surface area (Å²) in [5, 5.41) is 0.627. The van der Waals surface area contributed by atoms with Crippen LogP contribution in [0.2, 0.25) is 5.02 Å². The Labute approximate surface area is 186 Å². The second kappa shape index (κ2) is 7.73. The lowest BCUT2D eigenvalue weighted by Gasteiger charge is -2.40. The number of halogens is 1. The summed E-state index contributed by atoms with van der Waals surface area (Å²) in [7, 11) is -3.69. The fourth-order valence-electron chi connectivity index (χ4n) is 5.31. The standard InChI is InChI=1S/C23H23ClN2O4S/c24-17-6-4-15(5-7-17)16-2-1-3-21(12-16)31(29,30)26-18-8-9-19(26)14-20(13-18)25-22(27)10-11-23(25)28/h1-7,12,18-20H,8-11,13-14H2. The third kappa shape index (κ3) is 3.58. The largest absolute Gasteiger partial charge is 0.279 e. The van der Waals surface area contributed by atoms with Crippen LogP contribution in [0.1, 0.15) is 38.5 Å². The maximum atomic E-state index is 13.6. The van der Waals surface area contributed by atoms with Gasteiger partial charge in [-0.2, -0.15) is 4.31 Å². The number of benzene rings is 2. The van der Waals surface area contributed by atoms with Crippen molar-refractivity contribution >= 4 is 33.4 Å². The van der Waals surface area contributed by atoms with Crippen LogP contribution in [-0.4, -0.2) is 47.6 Å². The Bertz CT molecular complexity index is 1120. The SMILES string of the molecule is O=C1CCC(=O)N1C1CC2CCC(C1)N2S(=O)(=O)c1cccc(-c2ccc(Cl)cc2)c1. The van der Waals surface area contributed by atoms with E-state index in [0.717, 1.165) is 24.0 Å². The summed E-state index contributed by atoms with van der Waals surface area (Å²) in [6, 6.07) is 13.7. The zero-order chi connectivity index (χ0) is 21.8. The molecular formula is C23H23ClN2O4S. The highest BCUT2D eigenvalue weighted by molar-refractivity contribution is 7.89. The van der Waals surface area contributed by atoms with E-state index in [2.05, 4.69) is 0 Å². The highest BCUT2D eigenvalue weighted by atomic mass is 35.5. The molecule has 8 heteroatoms. The second-order valence-corrected chi connectivity index (χ2v) is 10.8. The molecule has 0 radical (unpaired) electrons. The van der Waals surface area contributed by atoms with Crippen LogP contribution in [0.5, 0.6) is 0 Å². The number of nitrogens with zero attached hydrogens (tertiary/aromatic N) is 2. The number of rotatable bonds is 4. The van der Waals surface area contributed by atoms with Gasteiger partial charge in [-0.1, -0.05) is 35.9 Å². The highest BCUT2D eigenvalue weighted by Crippen LogP contribution is 2.42. The molecule has 0 N–H and O–H groups in total. The van der Waals surface area contributed by atoms with Crippen molar-refractivity contribution in [2.24, 2.45) is 0 Å². The van der Waals surface area contributed by atoms with Crippen molar-refractivity contribution in [3.8, 4) is 11.1 Å². The molecule has 162 valence electrons. The van der Waals surface area contributed by atoms with Crippen molar-refractivity contribution in [3.63, 3.8) is 0 Å². The molecule has 0 spiro atoms. The summed E-state index contributed by atoms with van der Waals surface area (Å²) in [5.74, 6) is -0.247. The summed E-state index contributed by atoms with van der Waals surface area (Å²) < 4.78 is 28.8. The van der Waals surface area contributed by atoms with Gasteiger partial charge in [-0.15, -0.1) is 0 Å². The molecule has 2 bridgehead atoms. The van der Waals surface area contributed by atoms with Crippen LogP contribution in [0.3, 0.4) is 0 Å². The highest BCUT2D eigenvalue weighted by Gasteiger charge is 2.50. The lowest BCUT2D eigenvalue weighted by Crippen LogP contribution is -2.53.